The SMILES string of the molecule is CS(=O)(=O)c1ncc(N)c(CO)n1. The molecule has 13 heavy (non-hydrogen) atoms. The number of hydrogen-bond acceptors (Lipinski definition) is 6. The third-order valence-corrected chi connectivity index (χ3v) is 2.22. The number of rotatable bonds is 2. The van der Waals surface area contributed by atoms with Gasteiger partial charge in [-0.3, -0.25) is 0 Å². The second-order valence-corrected chi connectivity index (χ2v) is 4.39. The Bertz CT molecular complexity index is 415. The lowest BCUT2D eigenvalue weighted by atomic mass is 10.4. The fourth-order valence-electron chi connectivity index (χ4n) is 0.713. The van der Waals surface area contributed by atoms with Crippen LogP contribution in [-0.4, -0.2) is 29.7 Å². The standard InChI is InChI=1S/C6H9N3O3S/c1-13(11,12)6-8-2-4(7)5(3-10)9-6/h2,10H,3,7H2,1H3. The molecule has 0 fully saturated rings. The predicted octanol–water partition coefficient (Wildman–Crippen LogP) is -1.05. The molecular weight excluding hydrogens is 194 g/mol. The number of sulfone groups is 1. The molecule has 6 nitrogen and oxygen atoms in total. The molecule has 0 aliphatic carbocycles. The molecule has 0 bridgehead atoms. The highest BCUT2D eigenvalue weighted by Gasteiger charge is 2.12. The summed E-state index contributed by atoms with van der Waals surface area (Å²) >= 11 is 0. The summed E-state index contributed by atoms with van der Waals surface area (Å²) in [6, 6.07) is 0. The number of aliphatic hydroxyl groups excluding tert-OH is 1. The Kier molecular flexibility index (Phi) is 2.48. The normalized spacial score (nSPS) is 11.5. The van der Waals surface area contributed by atoms with E-state index in [0.717, 1.165) is 12.5 Å². The van der Waals surface area contributed by atoms with Crippen molar-refractivity contribution in [2.45, 2.75) is 11.8 Å². The van der Waals surface area contributed by atoms with Crippen molar-refractivity contribution in [2.75, 3.05) is 12.0 Å². The number of nitrogen functional groups attached to an aromatic ring is 1. The molecule has 0 atom stereocenters. The lowest BCUT2D eigenvalue weighted by molar-refractivity contribution is 0.276. The minimum absolute atomic E-state index is 0.121. The molecule has 0 aliphatic rings. The zero-order chi connectivity index (χ0) is 10.1. The highest BCUT2D eigenvalue weighted by Crippen LogP contribution is 2.09. The fraction of sp³-hybridized carbons (Fsp3) is 0.333. The second-order valence-electron chi connectivity index (χ2n) is 2.48. The number of nitrogens with two attached hydrogens (primary N) is 1. The minimum Gasteiger partial charge on any atom is -0.396 e. The van der Waals surface area contributed by atoms with E-state index in [1.165, 1.54) is 0 Å². The summed E-state index contributed by atoms with van der Waals surface area (Å²) in [6.07, 6.45) is 2.15. The summed E-state index contributed by atoms with van der Waals surface area (Å²) in [7, 11) is -3.44. The molecule has 72 valence electrons. The zero-order valence-electron chi connectivity index (χ0n) is 6.93. The maximum absolute atomic E-state index is 11.0. The molecule has 0 spiro atoms. The molecule has 1 aromatic rings. The molecule has 3 N–H and O–H groups in total. The van der Waals surface area contributed by atoms with E-state index in [1.54, 1.807) is 0 Å². The van der Waals surface area contributed by atoms with Crippen LogP contribution in [0.1, 0.15) is 5.69 Å². The molecule has 0 aliphatic heterocycles. The Hall–Kier alpha value is -1.21. The van der Waals surface area contributed by atoms with Gasteiger partial charge in [0.1, 0.15) is 0 Å². The van der Waals surface area contributed by atoms with Crippen molar-refractivity contribution in [3.63, 3.8) is 0 Å². The van der Waals surface area contributed by atoms with Crippen molar-refractivity contribution >= 4 is 15.5 Å². The lowest BCUT2D eigenvalue weighted by Gasteiger charge is -2.02. The minimum atomic E-state index is -3.44. The number of hydrogen-bond donors (Lipinski definition) is 2. The topological polar surface area (TPSA) is 106 Å². The molecule has 0 unspecified atom stereocenters. The molecule has 1 aromatic heterocycles. The molecule has 1 heterocycles. The van der Waals surface area contributed by atoms with Crippen LogP contribution in [0.15, 0.2) is 11.4 Å². The summed E-state index contributed by atoms with van der Waals surface area (Å²) in [4.78, 5) is 7.11. The van der Waals surface area contributed by atoms with Crippen molar-refractivity contribution in [3.05, 3.63) is 11.9 Å². The van der Waals surface area contributed by atoms with E-state index in [4.69, 9.17) is 10.8 Å². The quantitative estimate of drug-likeness (QED) is 0.594. The third-order valence-electron chi connectivity index (χ3n) is 1.36. The van der Waals surface area contributed by atoms with Gasteiger partial charge in [-0.05, 0) is 0 Å². The maximum atomic E-state index is 11.0. The van der Waals surface area contributed by atoms with Gasteiger partial charge in [0.15, 0.2) is 0 Å². The Balaban J connectivity index is 3.30. The summed E-state index contributed by atoms with van der Waals surface area (Å²) in [5, 5.41) is 8.42. The van der Waals surface area contributed by atoms with Crippen LogP contribution in [0.25, 0.3) is 0 Å². The first-order valence-corrected chi connectivity index (χ1v) is 5.26. The van der Waals surface area contributed by atoms with E-state index < -0.39 is 16.4 Å². The highest BCUT2D eigenvalue weighted by atomic mass is 32.2. The molecule has 0 amide bonds. The van der Waals surface area contributed by atoms with Crippen molar-refractivity contribution in [1.29, 1.82) is 0 Å². The Labute approximate surface area is 75.4 Å². The molecule has 7 heteroatoms. The third kappa shape index (κ3) is 2.13. The van der Waals surface area contributed by atoms with Crippen LogP contribution in [-0.2, 0) is 16.4 Å². The first-order valence-electron chi connectivity index (χ1n) is 3.37. The van der Waals surface area contributed by atoms with Crippen LogP contribution < -0.4 is 5.73 Å². The molecule has 0 radical (unpaired) electrons. The summed E-state index contributed by atoms with van der Waals surface area (Å²) in [5.74, 6) is 0. The van der Waals surface area contributed by atoms with Crippen LogP contribution in [0.2, 0.25) is 0 Å². The van der Waals surface area contributed by atoms with E-state index >= 15 is 0 Å². The summed E-state index contributed by atoms with van der Waals surface area (Å²) < 4.78 is 21.9. The first kappa shape index (κ1) is 9.87. The van der Waals surface area contributed by atoms with Crippen molar-refractivity contribution in [1.82, 2.24) is 9.97 Å². The number of aliphatic hydroxyl groups is 1. The van der Waals surface area contributed by atoms with Gasteiger partial charge in [-0.2, -0.15) is 0 Å². The number of aromatic nitrogens is 2. The second kappa shape index (κ2) is 3.27. The van der Waals surface area contributed by atoms with E-state index in [1.807, 2.05) is 0 Å². The Morgan fingerprint density at radius 2 is 2.23 bits per heavy atom. The number of nitrogens with zero attached hydrogens (tertiary/aromatic N) is 2. The average molecular weight is 203 g/mol. The largest absolute Gasteiger partial charge is 0.396 e. The smallest absolute Gasteiger partial charge is 0.247 e. The van der Waals surface area contributed by atoms with Gasteiger partial charge in [0.25, 0.3) is 0 Å². The zero-order valence-corrected chi connectivity index (χ0v) is 7.74. The van der Waals surface area contributed by atoms with Gasteiger partial charge in [0, 0.05) is 6.26 Å². The van der Waals surface area contributed by atoms with Crippen molar-refractivity contribution < 1.29 is 13.5 Å². The van der Waals surface area contributed by atoms with Crippen LogP contribution >= 0.6 is 0 Å². The predicted molar refractivity (Wildman–Crippen MR) is 45.5 cm³/mol. The van der Waals surface area contributed by atoms with Gasteiger partial charge < -0.3 is 10.8 Å². The Morgan fingerprint density at radius 1 is 1.62 bits per heavy atom. The van der Waals surface area contributed by atoms with Crippen LogP contribution in [0.4, 0.5) is 5.69 Å². The van der Waals surface area contributed by atoms with Crippen LogP contribution in [0, 0.1) is 0 Å². The van der Waals surface area contributed by atoms with Crippen molar-refractivity contribution in [2.24, 2.45) is 0 Å². The summed E-state index contributed by atoms with van der Waals surface area (Å²) in [6.45, 7) is -0.406. The van der Waals surface area contributed by atoms with Gasteiger partial charge in [-0.25, -0.2) is 18.4 Å². The molecule has 0 saturated heterocycles. The fourth-order valence-corrected chi connectivity index (χ4v) is 1.23. The average Bonchev–Trinajstić information content (AvgIpc) is 2.03. The highest BCUT2D eigenvalue weighted by molar-refractivity contribution is 7.90. The van der Waals surface area contributed by atoms with E-state index in [-0.39, 0.29) is 16.5 Å². The van der Waals surface area contributed by atoms with E-state index in [9.17, 15) is 8.42 Å². The molecule has 1 rings (SSSR count). The van der Waals surface area contributed by atoms with Gasteiger partial charge in [-0.1, -0.05) is 0 Å². The first-order chi connectivity index (χ1) is 5.95. The van der Waals surface area contributed by atoms with E-state index in [0.29, 0.717) is 0 Å². The van der Waals surface area contributed by atoms with Gasteiger partial charge >= 0.3 is 0 Å². The van der Waals surface area contributed by atoms with Gasteiger partial charge in [0.2, 0.25) is 15.0 Å². The lowest BCUT2D eigenvalue weighted by Crippen LogP contribution is -2.08. The maximum Gasteiger partial charge on any atom is 0.247 e. The van der Waals surface area contributed by atoms with Crippen LogP contribution in [0.3, 0.4) is 0 Å². The molecule has 0 aromatic carbocycles. The van der Waals surface area contributed by atoms with Crippen molar-refractivity contribution in [3.8, 4) is 0 Å². The number of anilines is 1. The monoisotopic (exact) mass is 203 g/mol. The van der Waals surface area contributed by atoms with Gasteiger partial charge in [0.05, 0.1) is 24.2 Å². The van der Waals surface area contributed by atoms with Gasteiger partial charge in [-0.15, -0.1) is 0 Å². The Morgan fingerprint density at radius 3 is 2.69 bits per heavy atom. The van der Waals surface area contributed by atoms with E-state index in [2.05, 4.69) is 9.97 Å². The molecular formula is C6H9N3O3S. The molecule has 0 saturated carbocycles. The summed E-state index contributed by atoms with van der Waals surface area (Å²) in [5.41, 5.74) is 5.66. The van der Waals surface area contributed by atoms with Crippen LogP contribution in [0.5, 0.6) is 0 Å².